The number of rotatable bonds is 8. The highest BCUT2D eigenvalue weighted by molar-refractivity contribution is 7.89. The summed E-state index contributed by atoms with van der Waals surface area (Å²) in [6.07, 6.45) is 6.51. The number of sulfonamides is 1. The molecule has 1 aromatic rings. The molecule has 1 saturated heterocycles. The Labute approximate surface area is 187 Å². The minimum Gasteiger partial charge on any atom is -0.373 e. The second kappa shape index (κ2) is 10.9. The molecule has 7 nitrogen and oxygen atoms in total. The van der Waals surface area contributed by atoms with Crippen LogP contribution in [0.15, 0.2) is 29.2 Å². The number of hydrogen-bond donors (Lipinski definition) is 1. The van der Waals surface area contributed by atoms with Crippen molar-refractivity contribution in [1.82, 2.24) is 14.5 Å². The van der Waals surface area contributed by atoms with E-state index in [0.717, 1.165) is 51.7 Å². The van der Waals surface area contributed by atoms with Crippen LogP contribution in [0, 0.1) is 0 Å². The van der Waals surface area contributed by atoms with Gasteiger partial charge in [0.1, 0.15) is 0 Å². The van der Waals surface area contributed by atoms with Crippen molar-refractivity contribution in [2.75, 3.05) is 33.2 Å². The topological polar surface area (TPSA) is 79.0 Å². The SMILES string of the molecule is CC1CN(CCCNC(=O)c2ccc(S(=O)(=O)N(C)C3CCCCC3)cc2)CC(C)O1. The molecule has 3 rings (SSSR count). The Hall–Kier alpha value is -1.48. The van der Waals surface area contributed by atoms with E-state index < -0.39 is 10.0 Å². The van der Waals surface area contributed by atoms with E-state index in [4.69, 9.17) is 4.74 Å². The molecule has 1 aliphatic carbocycles. The van der Waals surface area contributed by atoms with Crippen molar-refractivity contribution in [3.05, 3.63) is 29.8 Å². The van der Waals surface area contributed by atoms with E-state index in [2.05, 4.69) is 24.1 Å². The average molecular weight is 452 g/mol. The first-order chi connectivity index (χ1) is 14.8. The number of benzene rings is 1. The van der Waals surface area contributed by atoms with E-state index in [1.54, 1.807) is 31.3 Å². The van der Waals surface area contributed by atoms with Crippen molar-refractivity contribution < 1.29 is 17.9 Å². The van der Waals surface area contributed by atoms with Crippen molar-refractivity contribution in [3.63, 3.8) is 0 Å². The first-order valence-corrected chi connectivity index (χ1v) is 13.0. The lowest BCUT2D eigenvalue weighted by Gasteiger charge is -2.35. The maximum absolute atomic E-state index is 12.9. The fraction of sp³-hybridized carbons (Fsp3) is 0.696. The summed E-state index contributed by atoms with van der Waals surface area (Å²) < 4.78 is 33.1. The molecule has 1 aliphatic heterocycles. The summed E-state index contributed by atoms with van der Waals surface area (Å²) in [6, 6.07) is 6.35. The molecule has 0 aromatic heterocycles. The average Bonchev–Trinajstić information content (AvgIpc) is 2.76. The molecular weight excluding hydrogens is 414 g/mol. The number of carbonyl (C=O) groups is 1. The van der Waals surface area contributed by atoms with Crippen molar-refractivity contribution >= 4 is 15.9 Å². The van der Waals surface area contributed by atoms with E-state index in [0.29, 0.717) is 12.1 Å². The predicted octanol–water partition coefficient (Wildman–Crippen LogP) is 2.87. The zero-order valence-corrected chi connectivity index (χ0v) is 19.9. The summed E-state index contributed by atoms with van der Waals surface area (Å²) in [6.45, 7) is 7.52. The third-order valence-corrected chi connectivity index (χ3v) is 8.24. The zero-order valence-electron chi connectivity index (χ0n) is 19.0. The summed E-state index contributed by atoms with van der Waals surface area (Å²) in [5.41, 5.74) is 0.480. The van der Waals surface area contributed by atoms with E-state index in [-0.39, 0.29) is 29.1 Å². The van der Waals surface area contributed by atoms with Gasteiger partial charge in [-0.15, -0.1) is 0 Å². The minimum atomic E-state index is -3.54. The van der Waals surface area contributed by atoms with Gasteiger partial charge in [0.2, 0.25) is 10.0 Å². The quantitative estimate of drug-likeness (QED) is 0.615. The van der Waals surface area contributed by atoms with E-state index in [9.17, 15) is 13.2 Å². The van der Waals surface area contributed by atoms with Crippen molar-refractivity contribution in [2.45, 2.75) is 75.5 Å². The molecule has 0 radical (unpaired) electrons. The van der Waals surface area contributed by atoms with Crippen molar-refractivity contribution in [3.8, 4) is 0 Å². The lowest BCUT2D eigenvalue weighted by molar-refractivity contribution is -0.0680. The van der Waals surface area contributed by atoms with Crippen molar-refractivity contribution in [1.29, 1.82) is 0 Å². The number of morpholine rings is 1. The number of hydrogen-bond acceptors (Lipinski definition) is 5. The van der Waals surface area contributed by atoms with Gasteiger partial charge in [0.05, 0.1) is 17.1 Å². The lowest BCUT2D eigenvalue weighted by atomic mass is 9.96. The molecule has 1 saturated carbocycles. The molecule has 1 heterocycles. The Morgan fingerprint density at radius 3 is 2.32 bits per heavy atom. The van der Waals surface area contributed by atoms with Gasteiger partial charge in [0, 0.05) is 44.8 Å². The largest absolute Gasteiger partial charge is 0.373 e. The Morgan fingerprint density at radius 1 is 1.10 bits per heavy atom. The highest BCUT2D eigenvalue weighted by atomic mass is 32.2. The van der Waals surface area contributed by atoms with Crippen LogP contribution in [0.3, 0.4) is 0 Å². The molecule has 174 valence electrons. The molecule has 31 heavy (non-hydrogen) atoms. The molecule has 2 atom stereocenters. The molecule has 2 fully saturated rings. The number of ether oxygens (including phenoxy) is 1. The van der Waals surface area contributed by atoms with Crippen LogP contribution in [0.2, 0.25) is 0 Å². The maximum Gasteiger partial charge on any atom is 0.251 e. The molecule has 0 spiro atoms. The second-order valence-corrected chi connectivity index (χ2v) is 11.0. The van der Waals surface area contributed by atoms with Crippen LogP contribution >= 0.6 is 0 Å². The second-order valence-electron chi connectivity index (χ2n) is 8.96. The molecule has 0 bridgehead atoms. The standard InChI is InChI=1S/C23H37N3O4S/c1-18-16-26(17-19(2)30-18)15-7-14-24-23(27)20-10-12-22(13-11-20)31(28,29)25(3)21-8-5-4-6-9-21/h10-13,18-19,21H,4-9,14-17H2,1-3H3,(H,24,27). The summed E-state index contributed by atoms with van der Waals surface area (Å²) in [4.78, 5) is 15.0. The van der Waals surface area contributed by atoms with Crippen LogP contribution in [-0.2, 0) is 14.8 Å². The summed E-state index contributed by atoms with van der Waals surface area (Å²) in [5, 5.41) is 2.94. The molecular formula is C23H37N3O4S. The maximum atomic E-state index is 12.9. The van der Waals surface area contributed by atoms with Gasteiger partial charge in [-0.2, -0.15) is 4.31 Å². The first-order valence-electron chi connectivity index (χ1n) is 11.5. The smallest absolute Gasteiger partial charge is 0.251 e. The highest BCUT2D eigenvalue weighted by Gasteiger charge is 2.29. The molecule has 2 unspecified atom stereocenters. The Bertz CT molecular complexity index is 812. The number of nitrogens with one attached hydrogen (secondary N) is 1. The van der Waals surface area contributed by atoms with Crippen LogP contribution in [0.25, 0.3) is 0 Å². The summed E-state index contributed by atoms with van der Waals surface area (Å²) in [5.74, 6) is -0.173. The van der Waals surface area contributed by atoms with E-state index in [1.807, 2.05) is 0 Å². The molecule has 2 aliphatic rings. The third kappa shape index (κ3) is 6.51. The number of nitrogens with zero attached hydrogens (tertiary/aromatic N) is 2. The minimum absolute atomic E-state index is 0.0687. The zero-order chi connectivity index (χ0) is 22.4. The summed E-state index contributed by atoms with van der Waals surface area (Å²) in [7, 11) is -1.87. The van der Waals surface area contributed by atoms with Crippen LogP contribution < -0.4 is 5.32 Å². The normalized spacial score (nSPS) is 23.7. The molecule has 1 aromatic carbocycles. The first kappa shape index (κ1) is 24.2. The molecule has 8 heteroatoms. The van der Waals surface area contributed by atoms with Gasteiger partial charge in [-0.25, -0.2) is 8.42 Å². The monoisotopic (exact) mass is 451 g/mol. The van der Waals surface area contributed by atoms with Crippen LogP contribution in [0.5, 0.6) is 0 Å². The third-order valence-electron chi connectivity index (χ3n) is 6.31. The van der Waals surface area contributed by atoms with Gasteiger partial charge in [-0.1, -0.05) is 19.3 Å². The van der Waals surface area contributed by atoms with Gasteiger partial charge in [0.25, 0.3) is 5.91 Å². The Kier molecular flexibility index (Phi) is 8.50. The van der Waals surface area contributed by atoms with Crippen LogP contribution in [0.1, 0.15) is 62.7 Å². The Balaban J connectivity index is 1.48. The van der Waals surface area contributed by atoms with Crippen molar-refractivity contribution in [2.24, 2.45) is 0 Å². The number of carbonyl (C=O) groups excluding carboxylic acids is 1. The van der Waals surface area contributed by atoms with E-state index >= 15 is 0 Å². The van der Waals surface area contributed by atoms with Crippen LogP contribution in [-0.4, -0.2) is 75.0 Å². The van der Waals surface area contributed by atoms with Gasteiger partial charge in [-0.3, -0.25) is 9.69 Å². The van der Waals surface area contributed by atoms with Gasteiger partial charge < -0.3 is 10.1 Å². The van der Waals surface area contributed by atoms with Gasteiger partial charge in [0.15, 0.2) is 0 Å². The fourth-order valence-corrected chi connectivity index (χ4v) is 6.07. The Morgan fingerprint density at radius 2 is 1.71 bits per heavy atom. The van der Waals surface area contributed by atoms with Gasteiger partial charge in [-0.05, 0) is 57.4 Å². The molecule has 1 N–H and O–H groups in total. The predicted molar refractivity (Wildman–Crippen MR) is 122 cm³/mol. The fourth-order valence-electron chi connectivity index (χ4n) is 4.66. The number of amides is 1. The van der Waals surface area contributed by atoms with Gasteiger partial charge >= 0.3 is 0 Å². The summed E-state index contributed by atoms with van der Waals surface area (Å²) >= 11 is 0. The van der Waals surface area contributed by atoms with Crippen LogP contribution in [0.4, 0.5) is 0 Å². The molecule has 1 amide bonds. The van der Waals surface area contributed by atoms with E-state index in [1.165, 1.54) is 10.7 Å². The highest BCUT2D eigenvalue weighted by Crippen LogP contribution is 2.26. The lowest BCUT2D eigenvalue weighted by Crippen LogP contribution is -2.46.